The highest BCUT2D eigenvalue weighted by Gasteiger charge is 2.13. The number of aryl methyl sites for hydroxylation is 3. The highest BCUT2D eigenvalue weighted by molar-refractivity contribution is 5.96. The lowest BCUT2D eigenvalue weighted by Crippen LogP contribution is -2.35. The Morgan fingerprint density at radius 2 is 1.53 bits per heavy atom. The van der Waals surface area contributed by atoms with E-state index in [0.717, 1.165) is 22.4 Å². The van der Waals surface area contributed by atoms with Crippen molar-refractivity contribution in [3.63, 3.8) is 0 Å². The zero-order valence-corrected chi connectivity index (χ0v) is 18.0. The van der Waals surface area contributed by atoms with Crippen LogP contribution >= 0.6 is 0 Å². The summed E-state index contributed by atoms with van der Waals surface area (Å²) in [6.45, 7) is 8.93. The summed E-state index contributed by atoms with van der Waals surface area (Å²) in [7, 11) is 0. The summed E-state index contributed by atoms with van der Waals surface area (Å²) in [5, 5.41) is 5.24. The predicted octanol–water partition coefficient (Wildman–Crippen LogP) is 3.31. The molecule has 7 heteroatoms. The van der Waals surface area contributed by atoms with Crippen molar-refractivity contribution in [1.29, 1.82) is 0 Å². The molecule has 0 aromatic heterocycles. The SMILES string of the molecule is Cc1cc(C)c(NC(=O)CNC(=O)COC(=O)c2ccc(OC(C)C)cc2)c(C)c1. The molecule has 160 valence electrons. The molecule has 0 spiro atoms. The molecular formula is C23H28N2O5. The summed E-state index contributed by atoms with van der Waals surface area (Å²) in [6, 6.07) is 10.4. The monoisotopic (exact) mass is 412 g/mol. The van der Waals surface area contributed by atoms with Crippen molar-refractivity contribution in [3.8, 4) is 5.75 Å². The van der Waals surface area contributed by atoms with Crippen LogP contribution in [0, 0.1) is 20.8 Å². The maximum absolute atomic E-state index is 12.1. The van der Waals surface area contributed by atoms with Crippen molar-refractivity contribution in [1.82, 2.24) is 5.32 Å². The Bertz CT molecular complexity index is 897. The van der Waals surface area contributed by atoms with E-state index in [2.05, 4.69) is 10.6 Å². The number of esters is 1. The molecule has 2 aromatic carbocycles. The number of carbonyl (C=O) groups is 3. The molecule has 7 nitrogen and oxygen atoms in total. The first-order chi connectivity index (χ1) is 14.2. The summed E-state index contributed by atoms with van der Waals surface area (Å²) in [5.74, 6) is -0.901. The molecule has 0 fully saturated rings. The molecule has 2 rings (SSSR count). The maximum Gasteiger partial charge on any atom is 0.338 e. The predicted molar refractivity (Wildman–Crippen MR) is 115 cm³/mol. The molecule has 0 heterocycles. The Morgan fingerprint density at radius 3 is 2.10 bits per heavy atom. The lowest BCUT2D eigenvalue weighted by atomic mass is 10.1. The maximum atomic E-state index is 12.1. The van der Waals surface area contributed by atoms with Crippen LogP contribution in [0.15, 0.2) is 36.4 Å². The van der Waals surface area contributed by atoms with E-state index in [1.165, 1.54) is 0 Å². The highest BCUT2D eigenvalue weighted by atomic mass is 16.5. The number of rotatable bonds is 8. The number of hydrogen-bond acceptors (Lipinski definition) is 5. The van der Waals surface area contributed by atoms with Gasteiger partial charge in [0, 0.05) is 5.69 Å². The molecule has 0 aliphatic heterocycles. The first kappa shape index (κ1) is 22.9. The number of ether oxygens (including phenoxy) is 2. The third-order valence-corrected chi connectivity index (χ3v) is 4.18. The minimum absolute atomic E-state index is 0.0301. The lowest BCUT2D eigenvalue weighted by Gasteiger charge is -2.13. The van der Waals surface area contributed by atoms with Crippen LogP contribution < -0.4 is 15.4 Å². The number of anilines is 1. The Kier molecular flexibility index (Phi) is 7.98. The number of benzene rings is 2. The van der Waals surface area contributed by atoms with Gasteiger partial charge in [-0.05, 0) is 70.0 Å². The van der Waals surface area contributed by atoms with Crippen molar-refractivity contribution in [2.45, 2.75) is 40.7 Å². The Labute approximate surface area is 176 Å². The van der Waals surface area contributed by atoms with Crippen LogP contribution in [0.3, 0.4) is 0 Å². The van der Waals surface area contributed by atoms with Gasteiger partial charge in [0.15, 0.2) is 6.61 Å². The number of nitrogens with one attached hydrogen (secondary N) is 2. The van der Waals surface area contributed by atoms with Gasteiger partial charge in [-0.15, -0.1) is 0 Å². The molecule has 0 saturated heterocycles. The normalized spacial score (nSPS) is 10.5. The lowest BCUT2D eigenvalue weighted by molar-refractivity contribution is -0.126. The molecule has 2 N–H and O–H groups in total. The summed E-state index contributed by atoms with van der Waals surface area (Å²) in [4.78, 5) is 36.1. The molecule has 0 atom stereocenters. The molecule has 0 saturated carbocycles. The zero-order chi connectivity index (χ0) is 22.3. The van der Waals surface area contributed by atoms with Crippen LogP contribution in [0.2, 0.25) is 0 Å². The topological polar surface area (TPSA) is 93.7 Å². The molecular weight excluding hydrogens is 384 g/mol. The molecule has 30 heavy (non-hydrogen) atoms. The quantitative estimate of drug-likeness (QED) is 0.649. The van der Waals surface area contributed by atoms with Crippen molar-refractivity contribution in [2.75, 3.05) is 18.5 Å². The van der Waals surface area contributed by atoms with Crippen molar-refractivity contribution < 1.29 is 23.9 Å². The van der Waals surface area contributed by atoms with Crippen LogP contribution in [0.1, 0.15) is 40.9 Å². The Balaban J connectivity index is 1.78. The fraction of sp³-hybridized carbons (Fsp3) is 0.348. The molecule has 2 aromatic rings. The third kappa shape index (κ3) is 6.92. The number of carbonyl (C=O) groups excluding carboxylic acids is 3. The second kappa shape index (κ2) is 10.4. The van der Waals surface area contributed by atoms with Gasteiger partial charge in [-0.1, -0.05) is 17.7 Å². The van der Waals surface area contributed by atoms with E-state index in [1.54, 1.807) is 24.3 Å². The van der Waals surface area contributed by atoms with Crippen molar-refractivity contribution in [3.05, 3.63) is 58.7 Å². The number of hydrogen-bond donors (Lipinski definition) is 2. The summed E-state index contributed by atoms with van der Waals surface area (Å²) >= 11 is 0. The van der Waals surface area contributed by atoms with Gasteiger partial charge in [-0.25, -0.2) is 4.79 Å². The van der Waals surface area contributed by atoms with Crippen LogP contribution in [-0.4, -0.2) is 37.0 Å². The largest absolute Gasteiger partial charge is 0.491 e. The van der Waals surface area contributed by atoms with Crippen LogP contribution in [0.25, 0.3) is 0 Å². The summed E-state index contributed by atoms with van der Waals surface area (Å²) in [5.41, 5.74) is 4.05. The fourth-order valence-electron chi connectivity index (χ4n) is 2.95. The average Bonchev–Trinajstić information content (AvgIpc) is 2.67. The molecule has 0 bridgehead atoms. The minimum Gasteiger partial charge on any atom is -0.491 e. The summed E-state index contributed by atoms with van der Waals surface area (Å²) in [6.07, 6.45) is 0.0301. The average molecular weight is 412 g/mol. The van der Waals surface area contributed by atoms with E-state index >= 15 is 0 Å². The molecule has 2 amide bonds. The van der Waals surface area contributed by atoms with Crippen LogP contribution in [0.5, 0.6) is 5.75 Å². The third-order valence-electron chi connectivity index (χ3n) is 4.18. The van der Waals surface area contributed by atoms with Gasteiger partial charge in [0.2, 0.25) is 5.91 Å². The van der Waals surface area contributed by atoms with Gasteiger partial charge in [0.25, 0.3) is 5.91 Å². The van der Waals surface area contributed by atoms with Gasteiger partial charge in [0.05, 0.1) is 18.2 Å². The number of amides is 2. The van der Waals surface area contributed by atoms with E-state index in [9.17, 15) is 14.4 Å². The first-order valence-electron chi connectivity index (χ1n) is 9.74. The molecule has 0 radical (unpaired) electrons. The standard InChI is InChI=1S/C23H28N2O5/c1-14(2)30-19-8-6-18(7-9-19)23(28)29-13-21(27)24-12-20(26)25-22-16(4)10-15(3)11-17(22)5/h6-11,14H,12-13H2,1-5H3,(H,24,27)(H,25,26). The molecule has 0 unspecified atom stereocenters. The molecule has 0 aliphatic rings. The highest BCUT2D eigenvalue weighted by Crippen LogP contribution is 2.21. The fourth-order valence-corrected chi connectivity index (χ4v) is 2.95. The Morgan fingerprint density at radius 1 is 0.933 bits per heavy atom. The smallest absolute Gasteiger partial charge is 0.338 e. The summed E-state index contributed by atoms with van der Waals surface area (Å²) < 4.78 is 10.5. The van der Waals surface area contributed by atoms with Crippen LogP contribution in [0.4, 0.5) is 5.69 Å². The second-order valence-corrected chi connectivity index (χ2v) is 7.37. The zero-order valence-electron chi connectivity index (χ0n) is 18.0. The van der Waals surface area contributed by atoms with Crippen molar-refractivity contribution >= 4 is 23.5 Å². The van der Waals surface area contributed by atoms with E-state index in [1.807, 2.05) is 46.8 Å². The van der Waals surface area contributed by atoms with E-state index in [-0.39, 0.29) is 18.6 Å². The minimum atomic E-state index is -0.628. The van der Waals surface area contributed by atoms with Crippen LogP contribution in [-0.2, 0) is 14.3 Å². The van der Waals surface area contributed by atoms with Gasteiger partial charge in [-0.2, -0.15) is 0 Å². The first-order valence-corrected chi connectivity index (χ1v) is 9.74. The second-order valence-electron chi connectivity index (χ2n) is 7.37. The van der Waals surface area contributed by atoms with Gasteiger partial charge >= 0.3 is 5.97 Å². The van der Waals surface area contributed by atoms with Gasteiger partial charge in [0.1, 0.15) is 5.75 Å². The van der Waals surface area contributed by atoms with Crippen molar-refractivity contribution in [2.24, 2.45) is 0 Å². The van der Waals surface area contributed by atoms with E-state index < -0.39 is 18.5 Å². The van der Waals surface area contributed by atoms with E-state index in [0.29, 0.717) is 11.3 Å². The van der Waals surface area contributed by atoms with Gasteiger partial charge < -0.3 is 20.1 Å². The molecule has 0 aliphatic carbocycles. The van der Waals surface area contributed by atoms with Gasteiger partial charge in [-0.3, -0.25) is 9.59 Å². The van der Waals surface area contributed by atoms with E-state index in [4.69, 9.17) is 9.47 Å². The Hall–Kier alpha value is -3.35.